The molecule has 2 aromatic carbocycles. The van der Waals surface area contributed by atoms with Gasteiger partial charge in [-0.1, -0.05) is 23.7 Å². The first-order valence-electron chi connectivity index (χ1n) is 8.45. The van der Waals surface area contributed by atoms with Crippen LogP contribution in [-0.4, -0.2) is 47.9 Å². The van der Waals surface area contributed by atoms with Crippen LogP contribution in [0.2, 0.25) is 5.02 Å². The van der Waals surface area contributed by atoms with E-state index >= 15 is 0 Å². The topological polar surface area (TPSA) is 84.9 Å². The highest BCUT2D eigenvalue weighted by Crippen LogP contribution is 2.32. The number of rotatable bonds is 9. The molecule has 1 amide bonds. The summed E-state index contributed by atoms with van der Waals surface area (Å²) in [5.41, 5.74) is 1.24. The van der Waals surface area contributed by atoms with Gasteiger partial charge >= 0.3 is 0 Å². The minimum absolute atomic E-state index is 0.211. The standard InChI is InChI=1S/C19H23ClN2O5S/c1-26-16-7-4-14(5-8-16)10-11-21-19(23)13-22(28(3,24)25)17-12-15(20)6-9-18(17)27-2/h4-9,12H,10-11,13H2,1-3H3,(H,21,23). The number of nitrogens with one attached hydrogen (secondary N) is 1. The molecule has 28 heavy (non-hydrogen) atoms. The number of methoxy groups -OCH3 is 2. The van der Waals surface area contributed by atoms with Gasteiger partial charge in [0.2, 0.25) is 15.9 Å². The van der Waals surface area contributed by atoms with E-state index in [9.17, 15) is 13.2 Å². The number of ether oxygens (including phenoxy) is 2. The van der Waals surface area contributed by atoms with Crippen molar-refractivity contribution in [3.8, 4) is 11.5 Å². The van der Waals surface area contributed by atoms with Gasteiger partial charge in [0.05, 0.1) is 26.2 Å². The Kier molecular flexibility index (Phi) is 7.53. The van der Waals surface area contributed by atoms with Crippen LogP contribution in [0.25, 0.3) is 0 Å². The Hall–Kier alpha value is -2.45. The van der Waals surface area contributed by atoms with E-state index < -0.39 is 15.9 Å². The third-order valence-electron chi connectivity index (χ3n) is 3.99. The molecular formula is C19H23ClN2O5S. The summed E-state index contributed by atoms with van der Waals surface area (Å²) in [5, 5.41) is 3.07. The number of sulfonamides is 1. The molecule has 0 spiro atoms. The Labute approximate surface area is 170 Å². The zero-order chi connectivity index (χ0) is 20.7. The maximum atomic E-state index is 12.3. The fourth-order valence-corrected chi connectivity index (χ4v) is 3.58. The second-order valence-corrected chi connectivity index (χ2v) is 8.38. The van der Waals surface area contributed by atoms with E-state index in [1.807, 2.05) is 24.3 Å². The molecule has 7 nitrogen and oxygen atoms in total. The van der Waals surface area contributed by atoms with Crippen molar-refractivity contribution < 1.29 is 22.7 Å². The van der Waals surface area contributed by atoms with Gasteiger partial charge in [-0.3, -0.25) is 9.10 Å². The van der Waals surface area contributed by atoms with Gasteiger partial charge in [-0.05, 0) is 42.3 Å². The number of halogens is 1. The first kappa shape index (κ1) is 21.8. The van der Waals surface area contributed by atoms with Crippen LogP contribution in [0.15, 0.2) is 42.5 Å². The van der Waals surface area contributed by atoms with Crippen molar-refractivity contribution in [2.75, 3.05) is 37.9 Å². The van der Waals surface area contributed by atoms with Crippen LogP contribution in [0.5, 0.6) is 11.5 Å². The highest BCUT2D eigenvalue weighted by atomic mass is 35.5. The fourth-order valence-electron chi connectivity index (χ4n) is 2.56. The van der Waals surface area contributed by atoms with Crippen molar-refractivity contribution in [1.29, 1.82) is 0 Å². The number of carbonyl (C=O) groups excluding carboxylic acids is 1. The molecule has 0 atom stereocenters. The summed E-state index contributed by atoms with van der Waals surface area (Å²) in [6.45, 7) is -0.00636. The van der Waals surface area contributed by atoms with Gasteiger partial charge in [0.25, 0.3) is 0 Å². The quantitative estimate of drug-likeness (QED) is 0.665. The van der Waals surface area contributed by atoms with Gasteiger partial charge in [0, 0.05) is 11.6 Å². The van der Waals surface area contributed by atoms with Crippen LogP contribution in [0, 0.1) is 0 Å². The number of anilines is 1. The van der Waals surface area contributed by atoms with Crippen LogP contribution < -0.4 is 19.1 Å². The minimum atomic E-state index is -3.73. The number of nitrogens with zero attached hydrogens (tertiary/aromatic N) is 1. The number of carbonyl (C=O) groups is 1. The summed E-state index contributed by atoms with van der Waals surface area (Å²) in [6.07, 6.45) is 1.63. The second-order valence-electron chi connectivity index (χ2n) is 6.03. The highest BCUT2D eigenvalue weighted by molar-refractivity contribution is 7.92. The van der Waals surface area contributed by atoms with E-state index in [2.05, 4.69) is 5.32 Å². The van der Waals surface area contributed by atoms with Crippen LogP contribution in [0.4, 0.5) is 5.69 Å². The van der Waals surface area contributed by atoms with Crippen molar-refractivity contribution in [2.24, 2.45) is 0 Å². The zero-order valence-corrected chi connectivity index (χ0v) is 17.5. The van der Waals surface area contributed by atoms with E-state index in [1.54, 1.807) is 19.2 Å². The first-order chi connectivity index (χ1) is 13.2. The maximum absolute atomic E-state index is 12.3. The fraction of sp³-hybridized carbons (Fsp3) is 0.316. The number of hydrogen-bond donors (Lipinski definition) is 1. The van der Waals surface area contributed by atoms with Crippen LogP contribution >= 0.6 is 11.6 Å². The van der Waals surface area contributed by atoms with Gasteiger partial charge in [-0.2, -0.15) is 0 Å². The van der Waals surface area contributed by atoms with Gasteiger partial charge < -0.3 is 14.8 Å². The van der Waals surface area contributed by atoms with E-state index in [0.29, 0.717) is 23.7 Å². The smallest absolute Gasteiger partial charge is 0.240 e. The lowest BCUT2D eigenvalue weighted by Crippen LogP contribution is -2.41. The monoisotopic (exact) mass is 426 g/mol. The van der Waals surface area contributed by atoms with Crippen LogP contribution in [0.3, 0.4) is 0 Å². The Morgan fingerprint density at radius 1 is 1.11 bits per heavy atom. The lowest BCUT2D eigenvalue weighted by molar-refractivity contribution is -0.119. The molecule has 1 N–H and O–H groups in total. The van der Waals surface area contributed by atoms with Gasteiger partial charge in [0.15, 0.2) is 0 Å². The molecule has 0 aliphatic heterocycles. The Morgan fingerprint density at radius 3 is 2.36 bits per heavy atom. The van der Waals surface area contributed by atoms with Crippen molar-refractivity contribution in [3.05, 3.63) is 53.1 Å². The van der Waals surface area contributed by atoms with Crippen LogP contribution in [0.1, 0.15) is 5.56 Å². The summed E-state index contributed by atoms with van der Waals surface area (Å²) in [6, 6.07) is 12.1. The molecule has 0 saturated carbocycles. The molecular weight excluding hydrogens is 404 g/mol. The SMILES string of the molecule is COc1ccc(CCNC(=O)CN(c2cc(Cl)ccc2OC)S(C)(=O)=O)cc1. The minimum Gasteiger partial charge on any atom is -0.497 e. The predicted octanol–water partition coefficient (Wildman–Crippen LogP) is 2.48. The Bertz CT molecular complexity index is 916. The second kappa shape index (κ2) is 9.66. The molecule has 0 aliphatic rings. The maximum Gasteiger partial charge on any atom is 0.240 e. The third-order valence-corrected chi connectivity index (χ3v) is 5.35. The summed E-state index contributed by atoms with van der Waals surface area (Å²) < 4.78 is 35.8. The highest BCUT2D eigenvalue weighted by Gasteiger charge is 2.24. The average molecular weight is 427 g/mol. The van der Waals surface area contributed by atoms with E-state index in [-0.39, 0.29) is 12.2 Å². The summed E-state index contributed by atoms with van der Waals surface area (Å²) in [7, 11) is -0.714. The van der Waals surface area contributed by atoms with E-state index in [4.69, 9.17) is 21.1 Å². The molecule has 152 valence electrons. The lowest BCUT2D eigenvalue weighted by atomic mass is 10.1. The molecule has 0 heterocycles. The van der Waals surface area contributed by atoms with Crippen molar-refractivity contribution in [2.45, 2.75) is 6.42 Å². The molecule has 9 heteroatoms. The number of hydrogen-bond acceptors (Lipinski definition) is 5. The molecule has 0 radical (unpaired) electrons. The number of amides is 1. The Morgan fingerprint density at radius 2 is 1.79 bits per heavy atom. The van der Waals surface area contributed by atoms with E-state index in [0.717, 1.165) is 21.9 Å². The third kappa shape index (κ3) is 6.03. The predicted molar refractivity (Wildman–Crippen MR) is 110 cm³/mol. The van der Waals surface area contributed by atoms with Gasteiger partial charge in [-0.25, -0.2) is 8.42 Å². The normalized spacial score (nSPS) is 11.0. The summed E-state index contributed by atoms with van der Waals surface area (Å²) in [4.78, 5) is 12.3. The molecule has 0 fully saturated rings. The van der Waals surface area contributed by atoms with Crippen molar-refractivity contribution in [3.63, 3.8) is 0 Å². The molecule has 0 unspecified atom stereocenters. The van der Waals surface area contributed by atoms with Gasteiger partial charge in [0.1, 0.15) is 18.0 Å². The molecule has 2 aromatic rings. The summed E-state index contributed by atoms with van der Waals surface area (Å²) in [5.74, 6) is 0.633. The first-order valence-corrected chi connectivity index (χ1v) is 10.7. The van der Waals surface area contributed by atoms with Crippen molar-refractivity contribution >= 4 is 33.2 Å². The molecule has 0 aromatic heterocycles. The lowest BCUT2D eigenvalue weighted by Gasteiger charge is -2.24. The van der Waals surface area contributed by atoms with Crippen LogP contribution in [-0.2, 0) is 21.2 Å². The van der Waals surface area contributed by atoms with Crippen molar-refractivity contribution in [1.82, 2.24) is 5.32 Å². The zero-order valence-electron chi connectivity index (χ0n) is 15.9. The Balaban J connectivity index is 2.04. The molecule has 0 aliphatic carbocycles. The summed E-state index contributed by atoms with van der Waals surface area (Å²) >= 11 is 5.99. The number of benzene rings is 2. The van der Waals surface area contributed by atoms with E-state index in [1.165, 1.54) is 13.2 Å². The molecule has 2 rings (SSSR count). The van der Waals surface area contributed by atoms with Gasteiger partial charge in [-0.15, -0.1) is 0 Å². The average Bonchev–Trinajstić information content (AvgIpc) is 2.65. The molecule has 0 saturated heterocycles. The molecule has 0 bridgehead atoms. The largest absolute Gasteiger partial charge is 0.497 e.